The first kappa shape index (κ1) is 17.0. The minimum absolute atomic E-state index is 0.0166. The first-order chi connectivity index (χ1) is 12.7. The summed E-state index contributed by atoms with van der Waals surface area (Å²) in [5.41, 5.74) is 7.20. The zero-order valence-electron chi connectivity index (χ0n) is 14.7. The molecule has 0 radical (unpaired) electrons. The molecule has 0 bridgehead atoms. The standard InChI is InChI=1S/C20H24FN3O2/c21-14-7-8-17(22)18(10-14)23-15-4-3-9-24(11-15)12-16-13-25-19-5-1-2-6-20(19)26-16/h1-2,5-8,10,15-16,23H,3-4,9,11-13,22H2/t15-,16-/m0/s1. The summed E-state index contributed by atoms with van der Waals surface area (Å²) in [6.07, 6.45) is 2.14. The van der Waals surface area contributed by atoms with E-state index in [1.807, 2.05) is 24.3 Å². The SMILES string of the molecule is Nc1ccc(F)cc1N[C@H]1CCCN(C[C@H]2COc3ccccc3O2)C1. The van der Waals surface area contributed by atoms with Crippen molar-refractivity contribution in [2.24, 2.45) is 0 Å². The highest BCUT2D eigenvalue weighted by atomic mass is 19.1. The highest BCUT2D eigenvalue weighted by Gasteiger charge is 2.26. The van der Waals surface area contributed by atoms with Crippen molar-refractivity contribution < 1.29 is 13.9 Å². The highest BCUT2D eigenvalue weighted by Crippen LogP contribution is 2.31. The Labute approximate surface area is 152 Å². The van der Waals surface area contributed by atoms with Crippen molar-refractivity contribution in [1.82, 2.24) is 4.90 Å². The van der Waals surface area contributed by atoms with Crippen molar-refractivity contribution in [2.45, 2.75) is 25.0 Å². The van der Waals surface area contributed by atoms with Crippen LogP contribution in [0.15, 0.2) is 42.5 Å². The van der Waals surface area contributed by atoms with Gasteiger partial charge in [0.1, 0.15) is 18.5 Å². The fraction of sp³-hybridized carbons (Fsp3) is 0.400. The van der Waals surface area contributed by atoms with Crippen LogP contribution in [-0.2, 0) is 0 Å². The Morgan fingerprint density at radius 3 is 2.92 bits per heavy atom. The quantitative estimate of drug-likeness (QED) is 0.824. The molecule has 1 saturated heterocycles. The molecule has 0 aliphatic carbocycles. The number of hydrogen-bond acceptors (Lipinski definition) is 5. The van der Waals surface area contributed by atoms with Gasteiger partial charge in [-0.05, 0) is 49.7 Å². The number of benzene rings is 2. The third-order valence-electron chi connectivity index (χ3n) is 4.91. The van der Waals surface area contributed by atoms with Gasteiger partial charge in [-0.15, -0.1) is 0 Å². The number of anilines is 2. The van der Waals surface area contributed by atoms with Gasteiger partial charge in [-0.1, -0.05) is 12.1 Å². The maximum Gasteiger partial charge on any atom is 0.161 e. The third-order valence-corrected chi connectivity index (χ3v) is 4.91. The number of para-hydroxylation sites is 2. The summed E-state index contributed by atoms with van der Waals surface area (Å²) < 4.78 is 25.3. The van der Waals surface area contributed by atoms with E-state index in [1.54, 1.807) is 6.07 Å². The molecule has 0 saturated carbocycles. The average Bonchev–Trinajstić information content (AvgIpc) is 2.65. The van der Waals surface area contributed by atoms with E-state index < -0.39 is 0 Å². The van der Waals surface area contributed by atoms with Crippen LogP contribution < -0.4 is 20.5 Å². The fourth-order valence-electron chi connectivity index (χ4n) is 3.65. The van der Waals surface area contributed by atoms with E-state index in [0.717, 1.165) is 44.0 Å². The van der Waals surface area contributed by atoms with Gasteiger partial charge in [0.05, 0.1) is 11.4 Å². The molecule has 2 aliphatic rings. The molecule has 138 valence electrons. The van der Waals surface area contributed by atoms with Crippen molar-refractivity contribution in [3.8, 4) is 11.5 Å². The van der Waals surface area contributed by atoms with Crippen LogP contribution in [0.25, 0.3) is 0 Å². The number of halogens is 1. The topological polar surface area (TPSA) is 59.8 Å². The van der Waals surface area contributed by atoms with Crippen LogP contribution in [0.2, 0.25) is 0 Å². The van der Waals surface area contributed by atoms with E-state index >= 15 is 0 Å². The maximum atomic E-state index is 13.5. The smallest absolute Gasteiger partial charge is 0.161 e. The first-order valence-corrected chi connectivity index (χ1v) is 9.10. The molecule has 4 rings (SSSR count). The number of hydrogen-bond donors (Lipinski definition) is 2. The lowest BCUT2D eigenvalue weighted by molar-refractivity contribution is 0.0518. The van der Waals surface area contributed by atoms with Crippen molar-refractivity contribution in [2.75, 3.05) is 37.3 Å². The average molecular weight is 357 g/mol. The van der Waals surface area contributed by atoms with Crippen LogP contribution in [0, 0.1) is 5.82 Å². The lowest BCUT2D eigenvalue weighted by Crippen LogP contribution is -2.48. The molecule has 0 amide bonds. The van der Waals surface area contributed by atoms with Gasteiger partial charge in [-0.2, -0.15) is 0 Å². The molecule has 0 unspecified atom stereocenters. The van der Waals surface area contributed by atoms with Crippen LogP contribution >= 0.6 is 0 Å². The minimum Gasteiger partial charge on any atom is -0.486 e. The number of likely N-dealkylation sites (tertiary alicyclic amines) is 1. The predicted octanol–water partition coefficient (Wildman–Crippen LogP) is 3.12. The van der Waals surface area contributed by atoms with Gasteiger partial charge in [-0.3, -0.25) is 4.90 Å². The molecule has 0 aromatic heterocycles. The Kier molecular flexibility index (Phi) is 4.84. The number of nitrogens with two attached hydrogens (primary N) is 1. The number of fused-ring (bicyclic) bond motifs is 1. The van der Waals surface area contributed by atoms with Crippen molar-refractivity contribution >= 4 is 11.4 Å². The van der Waals surface area contributed by atoms with Gasteiger partial charge in [0.15, 0.2) is 11.5 Å². The molecule has 5 nitrogen and oxygen atoms in total. The van der Waals surface area contributed by atoms with Crippen LogP contribution in [-0.4, -0.2) is 43.3 Å². The number of piperidine rings is 1. The van der Waals surface area contributed by atoms with Crippen LogP contribution in [0.3, 0.4) is 0 Å². The van der Waals surface area contributed by atoms with Crippen LogP contribution in [0.1, 0.15) is 12.8 Å². The summed E-state index contributed by atoms with van der Waals surface area (Å²) in [5, 5.41) is 3.39. The number of nitrogen functional groups attached to an aromatic ring is 1. The van der Waals surface area contributed by atoms with Crippen molar-refractivity contribution in [3.63, 3.8) is 0 Å². The molecule has 2 atom stereocenters. The Balaban J connectivity index is 1.35. The molecule has 6 heteroatoms. The molecule has 0 spiro atoms. The third kappa shape index (κ3) is 3.85. The van der Waals surface area contributed by atoms with Crippen LogP contribution in [0.4, 0.5) is 15.8 Å². The normalized spacial score (nSPS) is 22.8. The van der Waals surface area contributed by atoms with E-state index in [9.17, 15) is 4.39 Å². The highest BCUT2D eigenvalue weighted by molar-refractivity contribution is 5.66. The number of ether oxygens (including phenoxy) is 2. The molecular formula is C20H24FN3O2. The zero-order chi connectivity index (χ0) is 17.9. The second kappa shape index (κ2) is 7.41. The Morgan fingerprint density at radius 2 is 2.04 bits per heavy atom. The molecule has 3 N–H and O–H groups in total. The lowest BCUT2D eigenvalue weighted by atomic mass is 10.0. The van der Waals surface area contributed by atoms with Gasteiger partial charge in [0, 0.05) is 19.1 Å². The van der Waals surface area contributed by atoms with E-state index in [2.05, 4.69) is 10.2 Å². The van der Waals surface area contributed by atoms with Crippen LogP contribution in [0.5, 0.6) is 11.5 Å². The monoisotopic (exact) mass is 357 g/mol. The largest absolute Gasteiger partial charge is 0.486 e. The van der Waals surface area contributed by atoms with Gasteiger partial charge in [0.2, 0.25) is 0 Å². The molecular weight excluding hydrogens is 333 g/mol. The summed E-state index contributed by atoms with van der Waals surface area (Å²) in [5.74, 6) is 1.34. The molecule has 2 aliphatic heterocycles. The van der Waals surface area contributed by atoms with E-state index in [1.165, 1.54) is 12.1 Å². The first-order valence-electron chi connectivity index (χ1n) is 9.10. The summed E-state index contributed by atoms with van der Waals surface area (Å²) in [7, 11) is 0. The number of nitrogens with zero attached hydrogens (tertiary/aromatic N) is 1. The van der Waals surface area contributed by atoms with E-state index in [-0.39, 0.29) is 18.0 Å². The van der Waals surface area contributed by atoms with E-state index in [4.69, 9.17) is 15.2 Å². The Hall–Kier alpha value is -2.47. The summed E-state index contributed by atoms with van der Waals surface area (Å²) in [6.45, 7) is 3.27. The summed E-state index contributed by atoms with van der Waals surface area (Å²) in [4.78, 5) is 2.37. The van der Waals surface area contributed by atoms with Gasteiger partial charge < -0.3 is 20.5 Å². The van der Waals surface area contributed by atoms with Crippen molar-refractivity contribution in [1.29, 1.82) is 0 Å². The van der Waals surface area contributed by atoms with Gasteiger partial charge in [0.25, 0.3) is 0 Å². The van der Waals surface area contributed by atoms with E-state index in [0.29, 0.717) is 18.0 Å². The zero-order valence-corrected chi connectivity index (χ0v) is 14.7. The number of nitrogens with one attached hydrogen (secondary N) is 1. The maximum absolute atomic E-state index is 13.5. The predicted molar refractivity (Wildman–Crippen MR) is 100 cm³/mol. The molecule has 1 fully saturated rings. The lowest BCUT2D eigenvalue weighted by Gasteiger charge is -2.37. The number of rotatable bonds is 4. The minimum atomic E-state index is -0.277. The summed E-state index contributed by atoms with van der Waals surface area (Å²) >= 11 is 0. The molecule has 26 heavy (non-hydrogen) atoms. The Morgan fingerprint density at radius 1 is 1.19 bits per heavy atom. The second-order valence-electron chi connectivity index (χ2n) is 6.97. The van der Waals surface area contributed by atoms with Gasteiger partial charge in [-0.25, -0.2) is 4.39 Å². The van der Waals surface area contributed by atoms with Gasteiger partial charge >= 0.3 is 0 Å². The summed E-state index contributed by atoms with van der Waals surface area (Å²) in [6, 6.07) is 12.4. The van der Waals surface area contributed by atoms with Crippen molar-refractivity contribution in [3.05, 3.63) is 48.3 Å². The Bertz CT molecular complexity index is 770. The second-order valence-corrected chi connectivity index (χ2v) is 6.97. The molecule has 2 heterocycles. The fourth-order valence-corrected chi connectivity index (χ4v) is 3.65. The molecule has 2 aromatic carbocycles. The molecule has 2 aromatic rings.